The van der Waals surface area contributed by atoms with Gasteiger partial charge in [0.2, 0.25) is 0 Å². The third-order valence-corrected chi connectivity index (χ3v) is 6.05. The summed E-state index contributed by atoms with van der Waals surface area (Å²) in [5.41, 5.74) is 1.62. The summed E-state index contributed by atoms with van der Waals surface area (Å²) < 4.78 is 10.9. The lowest BCUT2D eigenvalue weighted by molar-refractivity contribution is -0.145. The molecule has 29 heavy (non-hydrogen) atoms. The van der Waals surface area contributed by atoms with Crippen molar-refractivity contribution in [3.05, 3.63) is 35.4 Å². The highest BCUT2D eigenvalue weighted by Crippen LogP contribution is 2.40. The number of carbonyl (C=O) groups is 2. The van der Waals surface area contributed by atoms with Crippen LogP contribution in [0.4, 0.5) is 0 Å². The summed E-state index contributed by atoms with van der Waals surface area (Å²) in [5, 5.41) is 0. The number of rotatable bonds is 8. The maximum absolute atomic E-state index is 13.3. The zero-order valence-corrected chi connectivity index (χ0v) is 17.1. The molecular formula is C23H30N2O4. The lowest BCUT2D eigenvalue weighted by atomic mass is 10.1. The number of hydrogen-bond donors (Lipinski definition) is 0. The number of likely N-dealkylation sites (tertiary alicyclic amines) is 1. The number of para-hydroxylation sites is 1. The fourth-order valence-corrected chi connectivity index (χ4v) is 4.26. The van der Waals surface area contributed by atoms with Crippen LogP contribution in [-0.2, 0) is 14.3 Å². The molecule has 1 amide bonds. The van der Waals surface area contributed by atoms with E-state index in [9.17, 15) is 9.59 Å². The predicted octanol–water partition coefficient (Wildman–Crippen LogP) is 2.59. The lowest BCUT2D eigenvalue weighted by Crippen LogP contribution is -2.41. The molecule has 2 fully saturated rings. The van der Waals surface area contributed by atoms with Gasteiger partial charge in [-0.05, 0) is 57.3 Å². The van der Waals surface area contributed by atoms with Crippen molar-refractivity contribution >= 4 is 18.0 Å². The Morgan fingerprint density at radius 2 is 2.03 bits per heavy atom. The van der Waals surface area contributed by atoms with Gasteiger partial charge in [-0.15, -0.1) is 0 Å². The van der Waals surface area contributed by atoms with Gasteiger partial charge >= 0.3 is 5.97 Å². The van der Waals surface area contributed by atoms with Gasteiger partial charge in [0.25, 0.3) is 5.91 Å². The van der Waals surface area contributed by atoms with E-state index in [1.165, 1.54) is 12.8 Å². The van der Waals surface area contributed by atoms with Crippen LogP contribution in [-0.4, -0.2) is 67.6 Å². The number of nitrogens with zero attached hydrogens (tertiary/aromatic N) is 2. The molecule has 6 heteroatoms. The molecule has 0 spiro atoms. The Hall–Kier alpha value is -2.34. The number of hydrogen-bond acceptors (Lipinski definition) is 5. The van der Waals surface area contributed by atoms with Gasteiger partial charge in [0.1, 0.15) is 12.4 Å². The van der Waals surface area contributed by atoms with Crippen molar-refractivity contribution < 1.29 is 19.1 Å². The number of amides is 1. The van der Waals surface area contributed by atoms with Crippen LogP contribution in [0.15, 0.2) is 29.8 Å². The van der Waals surface area contributed by atoms with Crippen molar-refractivity contribution in [2.75, 3.05) is 45.9 Å². The third kappa shape index (κ3) is 4.81. The minimum atomic E-state index is -0.126. The largest absolute Gasteiger partial charge is 0.488 e. The molecule has 0 bridgehead atoms. The number of ether oxygens (including phenoxy) is 2. The van der Waals surface area contributed by atoms with E-state index in [1.54, 1.807) is 0 Å². The van der Waals surface area contributed by atoms with Crippen LogP contribution < -0.4 is 4.74 Å². The van der Waals surface area contributed by atoms with E-state index < -0.39 is 0 Å². The number of carbonyl (C=O) groups excluding carboxylic acids is 2. The molecule has 1 saturated carbocycles. The van der Waals surface area contributed by atoms with Crippen LogP contribution in [0, 0.1) is 11.8 Å². The summed E-state index contributed by atoms with van der Waals surface area (Å²) in [6, 6.07) is 7.77. The Labute approximate surface area is 172 Å². The molecule has 2 atom stereocenters. The van der Waals surface area contributed by atoms with E-state index in [1.807, 2.05) is 42.2 Å². The zero-order chi connectivity index (χ0) is 20.2. The highest BCUT2D eigenvalue weighted by Gasteiger charge is 2.45. The minimum Gasteiger partial charge on any atom is -0.488 e. The molecular weight excluding hydrogens is 368 g/mol. The molecule has 1 aliphatic carbocycles. The van der Waals surface area contributed by atoms with Gasteiger partial charge in [0, 0.05) is 25.2 Å². The van der Waals surface area contributed by atoms with Crippen LogP contribution in [0.2, 0.25) is 0 Å². The van der Waals surface area contributed by atoms with Crippen molar-refractivity contribution in [1.82, 2.24) is 9.80 Å². The Morgan fingerprint density at radius 3 is 2.83 bits per heavy atom. The standard InChI is InChI=1S/C23H30N2O4/c1-2-28-23(27)20-14-18(20)15-25(12-11-24-9-5-6-10-24)22(26)19-13-17-7-3-4-8-21(17)29-16-19/h3-4,7-8,13,18,20H,2,5-6,9-12,14-16H2,1H3/t18-,20+/m0/s1. The third-order valence-electron chi connectivity index (χ3n) is 6.05. The van der Waals surface area contributed by atoms with Gasteiger partial charge in [-0.25, -0.2) is 0 Å². The molecule has 156 valence electrons. The van der Waals surface area contributed by atoms with Crippen LogP contribution >= 0.6 is 0 Å². The van der Waals surface area contributed by atoms with E-state index in [0.717, 1.165) is 37.4 Å². The first-order valence-electron chi connectivity index (χ1n) is 10.8. The molecule has 1 saturated heterocycles. The molecule has 4 rings (SSSR count). The summed E-state index contributed by atoms with van der Waals surface area (Å²) in [4.78, 5) is 29.7. The summed E-state index contributed by atoms with van der Waals surface area (Å²) in [6.07, 6.45) is 5.22. The van der Waals surface area contributed by atoms with Crippen LogP contribution in [0.3, 0.4) is 0 Å². The molecule has 6 nitrogen and oxygen atoms in total. The highest BCUT2D eigenvalue weighted by atomic mass is 16.5. The van der Waals surface area contributed by atoms with Crippen LogP contribution in [0.1, 0.15) is 31.7 Å². The summed E-state index contributed by atoms with van der Waals surface area (Å²) in [6.45, 7) is 6.92. The first kappa shape index (κ1) is 20.0. The van der Waals surface area contributed by atoms with E-state index in [-0.39, 0.29) is 23.7 Å². The predicted molar refractivity (Wildman–Crippen MR) is 110 cm³/mol. The average molecular weight is 399 g/mol. The quantitative estimate of drug-likeness (QED) is 0.630. The van der Waals surface area contributed by atoms with E-state index in [4.69, 9.17) is 9.47 Å². The lowest BCUT2D eigenvalue weighted by Gasteiger charge is -2.28. The number of benzene rings is 1. The van der Waals surface area contributed by atoms with Gasteiger partial charge < -0.3 is 19.3 Å². The van der Waals surface area contributed by atoms with Crippen molar-refractivity contribution in [1.29, 1.82) is 0 Å². The van der Waals surface area contributed by atoms with Gasteiger partial charge in [-0.3, -0.25) is 9.59 Å². The second kappa shape index (κ2) is 8.99. The van der Waals surface area contributed by atoms with Crippen molar-refractivity contribution in [3.8, 4) is 5.75 Å². The molecule has 1 aromatic carbocycles. The molecule has 2 heterocycles. The summed E-state index contributed by atoms with van der Waals surface area (Å²) >= 11 is 0. The van der Waals surface area contributed by atoms with Crippen molar-refractivity contribution in [3.63, 3.8) is 0 Å². The Balaban J connectivity index is 1.43. The van der Waals surface area contributed by atoms with Crippen LogP contribution in [0.5, 0.6) is 5.75 Å². The fourth-order valence-electron chi connectivity index (χ4n) is 4.26. The van der Waals surface area contributed by atoms with Gasteiger partial charge in [0.15, 0.2) is 0 Å². The minimum absolute atomic E-state index is 0.0215. The first-order valence-corrected chi connectivity index (χ1v) is 10.8. The number of fused-ring (bicyclic) bond motifs is 1. The van der Waals surface area contributed by atoms with Gasteiger partial charge in [-0.2, -0.15) is 0 Å². The monoisotopic (exact) mass is 398 g/mol. The second-order valence-corrected chi connectivity index (χ2v) is 8.15. The van der Waals surface area contributed by atoms with Crippen molar-refractivity contribution in [2.24, 2.45) is 11.8 Å². The van der Waals surface area contributed by atoms with Gasteiger partial charge in [0.05, 0.1) is 18.1 Å². The number of esters is 1. The fraction of sp³-hybridized carbons (Fsp3) is 0.565. The average Bonchev–Trinajstić information content (AvgIpc) is 3.32. The summed E-state index contributed by atoms with van der Waals surface area (Å²) in [5.74, 6) is 0.854. The zero-order valence-electron chi connectivity index (χ0n) is 17.1. The highest BCUT2D eigenvalue weighted by molar-refractivity contribution is 5.99. The molecule has 0 N–H and O–H groups in total. The molecule has 3 aliphatic rings. The Kier molecular flexibility index (Phi) is 6.19. The second-order valence-electron chi connectivity index (χ2n) is 8.15. The summed E-state index contributed by atoms with van der Waals surface area (Å²) in [7, 11) is 0. The molecule has 0 unspecified atom stereocenters. The normalized spacial score (nSPS) is 23.0. The smallest absolute Gasteiger partial charge is 0.309 e. The molecule has 0 aromatic heterocycles. The Bertz CT molecular complexity index is 785. The Morgan fingerprint density at radius 1 is 1.24 bits per heavy atom. The molecule has 0 radical (unpaired) electrons. The van der Waals surface area contributed by atoms with E-state index >= 15 is 0 Å². The van der Waals surface area contributed by atoms with Gasteiger partial charge in [-0.1, -0.05) is 18.2 Å². The molecule has 1 aromatic rings. The van der Waals surface area contributed by atoms with Crippen molar-refractivity contribution in [2.45, 2.75) is 26.2 Å². The van der Waals surface area contributed by atoms with Crippen LogP contribution in [0.25, 0.3) is 6.08 Å². The van der Waals surface area contributed by atoms with E-state index in [0.29, 0.717) is 31.9 Å². The molecule has 2 aliphatic heterocycles. The van der Waals surface area contributed by atoms with E-state index in [2.05, 4.69) is 4.90 Å². The maximum Gasteiger partial charge on any atom is 0.309 e. The topological polar surface area (TPSA) is 59.1 Å². The SMILES string of the molecule is CCOC(=O)[C@@H]1C[C@H]1CN(CCN1CCCC1)C(=O)C1=Cc2ccccc2OC1. The first-order chi connectivity index (χ1) is 14.2. The maximum atomic E-state index is 13.3.